The fourth-order valence-electron chi connectivity index (χ4n) is 3.75. The number of methoxy groups -OCH3 is 1. The SMILES string of the molecule is COc1cc2c(cc1OCc1ccccc1)C(Sc1ccc(Cl)cc1)(C(N)=CC(=O)O)C2. The van der Waals surface area contributed by atoms with Crippen molar-refractivity contribution < 1.29 is 19.4 Å². The molecule has 0 amide bonds. The topological polar surface area (TPSA) is 81.8 Å². The first kappa shape index (κ1) is 22.1. The van der Waals surface area contributed by atoms with Gasteiger partial charge in [-0.1, -0.05) is 41.9 Å². The summed E-state index contributed by atoms with van der Waals surface area (Å²) < 4.78 is 10.9. The molecule has 0 saturated carbocycles. The highest BCUT2D eigenvalue weighted by Crippen LogP contribution is 2.57. The number of hydrogen-bond acceptors (Lipinski definition) is 5. The summed E-state index contributed by atoms with van der Waals surface area (Å²) in [5.74, 6) is 0.130. The van der Waals surface area contributed by atoms with E-state index in [0.717, 1.165) is 27.7 Å². The maximum Gasteiger partial charge on any atom is 0.330 e. The molecule has 0 bridgehead atoms. The van der Waals surface area contributed by atoms with E-state index in [9.17, 15) is 9.90 Å². The lowest BCUT2D eigenvalue weighted by Gasteiger charge is -2.44. The minimum atomic E-state index is -1.08. The van der Waals surface area contributed by atoms with Gasteiger partial charge in [-0.2, -0.15) is 0 Å². The predicted octanol–water partition coefficient (Wildman–Crippen LogP) is 5.40. The van der Waals surface area contributed by atoms with Gasteiger partial charge in [-0.15, -0.1) is 11.8 Å². The average Bonchev–Trinajstić information content (AvgIpc) is 2.77. The summed E-state index contributed by atoms with van der Waals surface area (Å²) >= 11 is 7.53. The van der Waals surface area contributed by atoms with E-state index in [4.69, 9.17) is 26.8 Å². The molecule has 0 aliphatic heterocycles. The van der Waals surface area contributed by atoms with E-state index >= 15 is 0 Å². The van der Waals surface area contributed by atoms with Crippen LogP contribution >= 0.6 is 23.4 Å². The summed E-state index contributed by atoms with van der Waals surface area (Å²) in [4.78, 5) is 12.3. The van der Waals surface area contributed by atoms with Crippen LogP contribution in [0.2, 0.25) is 5.02 Å². The Balaban J connectivity index is 1.72. The van der Waals surface area contributed by atoms with Gasteiger partial charge < -0.3 is 20.3 Å². The molecule has 0 fully saturated rings. The Hall–Kier alpha value is -3.09. The molecule has 1 aliphatic carbocycles. The molecule has 0 radical (unpaired) electrons. The minimum Gasteiger partial charge on any atom is -0.493 e. The maximum atomic E-state index is 11.4. The zero-order valence-corrected chi connectivity index (χ0v) is 19.0. The number of carboxylic acids is 1. The molecule has 5 nitrogen and oxygen atoms in total. The van der Waals surface area contributed by atoms with Crippen molar-refractivity contribution >= 4 is 29.3 Å². The second kappa shape index (κ2) is 9.18. The minimum absolute atomic E-state index is 0.275. The van der Waals surface area contributed by atoms with Crippen molar-refractivity contribution in [2.24, 2.45) is 5.73 Å². The quantitative estimate of drug-likeness (QED) is 0.432. The summed E-state index contributed by atoms with van der Waals surface area (Å²) in [6.45, 7) is 0.383. The molecule has 7 heteroatoms. The fraction of sp³-hybridized carbons (Fsp3) is 0.160. The largest absolute Gasteiger partial charge is 0.493 e. The lowest BCUT2D eigenvalue weighted by atomic mass is 9.74. The van der Waals surface area contributed by atoms with Gasteiger partial charge in [0, 0.05) is 21.7 Å². The zero-order chi connectivity index (χ0) is 22.7. The standard InChI is InChI=1S/C25H22ClNO4S/c1-30-21-11-17-14-25(23(27)13-24(28)29,32-19-9-7-18(26)8-10-19)20(17)12-22(21)31-15-16-5-3-2-4-6-16/h2-13H,14-15,27H2,1H3,(H,28,29). The zero-order valence-electron chi connectivity index (χ0n) is 17.4. The highest BCUT2D eigenvalue weighted by Gasteiger charge is 2.47. The van der Waals surface area contributed by atoms with Gasteiger partial charge in [0.05, 0.1) is 11.9 Å². The van der Waals surface area contributed by atoms with Crippen molar-refractivity contribution in [2.75, 3.05) is 7.11 Å². The number of halogens is 1. The first-order valence-electron chi connectivity index (χ1n) is 9.94. The maximum absolute atomic E-state index is 11.4. The smallest absolute Gasteiger partial charge is 0.330 e. The molecule has 1 unspecified atom stereocenters. The molecule has 3 aromatic carbocycles. The van der Waals surface area contributed by atoms with Crippen LogP contribution in [-0.2, 0) is 22.6 Å². The van der Waals surface area contributed by atoms with E-state index < -0.39 is 10.7 Å². The van der Waals surface area contributed by atoms with Crippen LogP contribution < -0.4 is 15.2 Å². The van der Waals surface area contributed by atoms with Crippen molar-refractivity contribution in [1.29, 1.82) is 0 Å². The van der Waals surface area contributed by atoms with Crippen LogP contribution in [0, 0.1) is 0 Å². The summed E-state index contributed by atoms with van der Waals surface area (Å²) in [7, 11) is 1.60. The lowest BCUT2D eigenvalue weighted by Crippen LogP contribution is -2.41. The normalized spacial score (nSPS) is 17.2. The number of rotatable bonds is 8. The highest BCUT2D eigenvalue weighted by atomic mass is 35.5. The van der Waals surface area contributed by atoms with Crippen LogP contribution in [0.15, 0.2) is 83.4 Å². The summed E-state index contributed by atoms with van der Waals surface area (Å²) in [5, 5.41) is 9.97. The van der Waals surface area contributed by atoms with Gasteiger partial charge in [0.1, 0.15) is 6.61 Å². The summed E-state index contributed by atoms with van der Waals surface area (Å²) in [6, 6.07) is 21.1. The Morgan fingerprint density at radius 1 is 1.16 bits per heavy atom. The Morgan fingerprint density at radius 3 is 2.53 bits per heavy atom. The van der Waals surface area contributed by atoms with Crippen LogP contribution in [0.4, 0.5) is 0 Å². The van der Waals surface area contributed by atoms with Crippen molar-refractivity contribution in [2.45, 2.75) is 22.7 Å². The molecular formula is C25H22ClNO4S. The van der Waals surface area contributed by atoms with E-state index in [0.29, 0.717) is 29.5 Å². The van der Waals surface area contributed by atoms with Gasteiger partial charge in [-0.3, -0.25) is 0 Å². The van der Waals surface area contributed by atoms with E-state index in [1.165, 1.54) is 11.8 Å². The molecule has 4 rings (SSSR count). The van der Waals surface area contributed by atoms with Crippen LogP contribution in [0.25, 0.3) is 0 Å². The number of hydrogen-bond donors (Lipinski definition) is 2. The predicted molar refractivity (Wildman–Crippen MR) is 126 cm³/mol. The molecule has 0 aromatic heterocycles. The second-order valence-electron chi connectivity index (χ2n) is 7.43. The monoisotopic (exact) mass is 467 g/mol. The third-order valence-corrected chi connectivity index (χ3v) is 7.06. The summed E-state index contributed by atoms with van der Waals surface area (Å²) in [5.41, 5.74) is 9.61. The Labute approximate surface area is 195 Å². The first-order chi connectivity index (χ1) is 15.4. The lowest BCUT2D eigenvalue weighted by molar-refractivity contribution is -0.131. The molecule has 1 aliphatic rings. The second-order valence-corrected chi connectivity index (χ2v) is 9.24. The van der Waals surface area contributed by atoms with Crippen molar-refractivity contribution in [3.8, 4) is 11.5 Å². The fourth-order valence-corrected chi connectivity index (χ4v) is 5.25. The third kappa shape index (κ3) is 4.42. The van der Waals surface area contributed by atoms with Crippen molar-refractivity contribution in [3.05, 3.63) is 100 Å². The number of thioether (sulfide) groups is 1. The van der Waals surface area contributed by atoms with E-state index in [2.05, 4.69) is 0 Å². The number of benzene rings is 3. The molecule has 0 saturated heterocycles. The van der Waals surface area contributed by atoms with Gasteiger partial charge in [0.2, 0.25) is 0 Å². The Morgan fingerprint density at radius 2 is 1.88 bits per heavy atom. The van der Waals surface area contributed by atoms with Gasteiger partial charge in [-0.05, 0) is 59.5 Å². The molecule has 0 heterocycles. The molecule has 1 atom stereocenters. The Kier molecular flexibility index (Phi) is 6.35. The van der Waals surface area contributed by atoms with Gasteiger partial charge in [0.25, 0.3) is 0 Å². The average molecular weight is 468 g/mol. The molecule has 3 aromatic rings. The Bertz CT molecular complexity index is 1160. The van der Waals surface area contributed by atoms with Gasteiger partial charge >= 0.3 is 5.97 Å². The van der Waals surface area contributed by atoms with E-state index in [1.807, 2.05) is 54.6 Å². The van der Waals surface area contributed by atoms with E-state index in [1.54, 1.807) is 19.2 Å². The van der Waals surface area contributed by atoms with Crippen molar-refractivity contribution in [1.82, 2.24) is 0 Å². The van der Waals surface area contributed by atoms with Crippen LogP contribution in [0.1, 0.15) is 16.7 Å². The van der Waals surface area contributed by atoms with Crippen molar-refractivity contribution in [3.63, 3.8) is 0 Å². The van der Waals surface area contributed by atoms with Crippen LogP contribution in [0.5, 0.6) is 11.5 Å². The molecular weight excluding hydrogens is 446 g/mol. The molecule has 164 valence electrons. The number of fused-ring (bicyclic) bond motifs is 1. The number of carboxylic acid groups (broad SMARTS) is 1. The number of nitrogens with two attached hydrogens (primary N) is 1. The van der Waals surface area contributed by atoms with Crippen LogP contribution in [0.3, 0.4) is 0 Å². The first-order valence-corrected chi connectivity index (χ1v) is 11.1. The number of aliphatic carboxylic acids is 1. The summed E-state index contributed by atoms with van der Waals surface area (Å²) in [6.07, 6.45) is 1.64. The molecule has 32 heavy (non-hydrogen) atoms. The highest BCUT2D eigenvalue weighted by molar-refractivity contribution is 8.00. The number of ether oxygens (including phenoxy) is 2. The molecule has 0 spiro atoms. The number of carbonyl (C=O) groups is 1. The third-order valence-electron chi connectivity index (χ3n) is 5.35. The van der Waals surface area contributed by atoms with Gasteiger partial charge in [0.15, 0.2) is 11.5 Å². The van der Waals surface area contributed by atoms with E-state index in [-0.39, 0.29) is 5.70 Å². The van der Waals surface area contributed by atoms with Crippen LogP contribution in [-0.4, -0.2) is 18.2 Å². The molecule has 3 N–H and O–H groups in total. The van der Waals surface area contributed by atoms with Gasteiger partial charge in [-0.25, -0.2) is 4.79 Å².